The van der Waals surface area contributed by atoms with Crippen LogP contribution in [0.2, 0.25) is 0 Å². The van der Waals surface area contributed by atoms with Gasteiger partial charge >= 0.3 is 0 Å². The minimum absolute atomic E-state index is 0. The average Bonchev–Trinajstić information content (AvgIpc) is 3.43. The second kappa shape index (κ2) is 12.3. The number of aliphatic hydroxyl groups is 1. The van der Waals surface area contributed by atoms with E-state index in [1.165, 1.54) is 12.8 Å². The zero-order chi connectivity index (χ0) is 22.3. The van der Waals surface area contributed by atoms with E-state index in [1.807, 2.05) is 38.1 Å². The number of aryl methyl sites for hydroxylation is 1. The van der Waals surface area contributed by atoms with Gasteiger partial charge in [-0.3, -0.25) is 0 Å². The molecule has 0 bridgehead atoms. The normalized spacial score (nSPS) is 16.2. The number of para-hydroxylation sites is 1. The Morgan fingerprint density at radius 2 is 1.97 bits per heavy atom. The zero-order valence-corrected chi connectivity index (χ0v) is 21.8. The van der Waals surface area contributed by atoms with Crippen molar-refractivity contribution in [2.24, 2.45) is 4.99 Å². The quantitative estimate of drug-likeness (QED) is 0.239. The molecule has 1 heterocycles. The summed E-state index contributed by atoms with van der Waals surface area (Å²) in [4.78, 5) is 4.71. The lowest BCUT2D eigenvalue weighted by Crippen LogP contribution is -2.44. The number of aliphatic imine (C=N–C) groups is 1. The highest BCUT2D eigenvalue weighted by Gasteiger charge is 2.27. The van der Waals surface area contributed by atoms with E-state index in [4.69, 9.17) is 18.9 Å². The number of guanidine groups is 1. The van der Waals surface area contributed by atoms with E-state index in [9.17, 15) is 5.11 Å². The Morgan fingerprint density at radius 1 is 1.22 bits per heavy atom. The monoisotopic (exact) mass is 557 g/mol. The molecule has 0 saturated heterocycles. The standard InChI is InChI=1S/C24H35N3O4.HI/c1-5-25-23(27-16-24(3,28)21-14-13-17(2)30-21)26-15-18-9-8-12-20(29-4)22(18)31-19-10-6-7-11-19;/h8-9,12-14,19,28H,5-7,10-11,15-16H2,1-4H3,(H2,25,26,27);1H. The van der Waals surface area contributed by atoms with Gasteiger partial charge in [0, 0.05) is 12.1 Å². The van der Waals surface area contributed by atoms with Crippen molar-refractivity contribution in [2.75, 3.05) is 20.2 Å². The smallest absolute Gasteiger partial charge is 0.191 e. The first-order chi connectivity index (χ1) is 14.9. The summed E-state index contributed by atoms with van der Waals surface area (Å²) >= 11 is 0. The van der Waals surface area contributed by atoms with Crippen LogP contribution < -0.4 is 20.1 Å². The van der Waals surface area contributed by atoms with Crippen LogP contribution in [0.4, 0.5) is 0 Å². The molecule has 1 unspecified atom stereocenters. The van der Waals surface area contributed by atoms with Crippen LogP contribution in [0.15, 0.2) is 39.7 Å². The molecule has 3 rings (SSSR count). The van der Waals surface area contributed by atoms with Gasteiger partial charge in [-0.2, -0.15) is 0 Å². The molecular weight excluding hydrogens is 521 g/mol. The average molecular weight is 557 g/mol. The van der Waals surface area contributed by atoms with Crippen molar-refractivity contribution in [3.05, 3.63) is 47.4 Å². The van der Waals surface area contributed by atoms with Crippen LogP contribution in [0, 0.1) is 6.92 Å². The van der Waals surface area contributed by atoms with E-state index in [0.717, 1.165) is 35.7 Å². The van der Waals surface area contributed by atoms with Gasteiger partial charge in [0.15, 0.2) is 17.5 Å². The number of methoxy groups -OCH3 is 1. The molecule has 8 heteroatoms. The first-order valence-electron chi connectivity index (χ1n) is 11.1. The van der Waals surface area contributed by atoms with Crippen molar-refractivity contribution >= 4 is 29.9 Å². The third-order valence-corrected chi connectivity index (χ3v) is 5.49. The minimum atomic E-state index is -1.16. The maximum atomic E-state index is 10.8. The Labute approximate surface area is 208 Å². The van der Waals surface area contributed by atoms with Crippen molar-refractivity contribution in [3.8, 4) is 11.5 Å². The number of hydrogen-bond donors (Lipinski definition) is 3. The van der Waals surface area contributed by atoms with Crippen LogP contribution in [-0.2, 0) is 12.1 Å². The SMILES string of the molecule is CCNC(=NCc1cccc(OC)c1OC1CCCC1)NCC(C)(O)c1ccc(C)o1.I. The zero-order valence-electron chi connectivity index (χ0n) is 19.4. The fourth-order valence-corrected chi connectivity index (χ4v) is 3.73. The molecule has 0 radical (unpaired) electrons. The van der Waals surface area contributed by atoms with Gasteiger partial charge in [0.2, 0.25) is 0 Å². The molecule has 1 saturated carbocycles. The Hall–Kier alpha value is -1.94. The Balaban J connectivity index is 0.00000363. The van der Waals surface area contributed by atoms with E-state index in [1.54, 1.807) is 20.1 Å². The molecule has 1 aromatic heterocycles. The fourth-order valence-electron chi connectivity index (χ4n) is 3.73. The predicted octanol–water partition coefficient (Wildman–Crippen LogP) is 4.50. The molecule has 7 nitrogen and oxygen atoms in total. The van der Waals surface area contributed by atoms with Gasteiger partial charge in [0.25, 0.3) is 0 Å². The van der Waals surface area contributed by atoms with Gasteiger partial charge < -0.3 is 29.6 Å². The van der Waals surface area contributed by atoms with Gasteiger partial charge in [-0.05, 0) is 64.7 Å². The van der Waals surface area contributed by atoms with Gasteiger partial charge in [-0.1, -0.05) is 12.1 Å². The Kier molecular flexibility index (Phi) is 10.1. The summed E-state index contributed by atoms with van der Waals surface area (Å²) < 4.78 is 17.4. The fraction of sp³-hybridized carbons (Fsp3) is 0.542. The number of furan rings is 1. The topological polar surface area (TPSA) is 88.3 Å². The largest absolute Gasteiger partial charge is 0.493 e. The van der Waals surface area contributed by atoms with Crippen LogP contribution in [-0.4, -0.2) is 37.4 Å². The van der Waals surface area contributed by atoms with Crippen molar-refractivity contribution in [2.45, 2.75) is 64.7 Å². The number of rotatable bonds is 9. The highest BCUT2D eigenvalue weighted by atomic mass is 127. The number of nitrogens with one attached hydrogen (secondary N) is 2. The summed E-state index contributed by atoms with van der Waals surface area (Å²) in [5.74, 6) is 3.40. The second-order valence-corrected chi connectivity index (χ2v) is 8.21. The van der Waals surface area contributed by atoms with Crippen LogP contribution in [0.3, 0.4) is 0 Å². The third kappa shape index (κ3) is 7.03. The van der Waals surface area contributed by atoms with Gasteiger partial charge in [-0.15, -0.1) is 24.0 Å². The molecule has 178 valence electrons. The Bertz CT molecular complexity index is 876. The molecule has 0 aliphatic heterocycles. The summed E-state index contributed by atoms with van der Waals surface area (Å²) in [7, 11) is 1.66. The van der Waals surface area contributed by atoms with Crippen LogP contribution in [0.25, 0.3) is 0 Å². The van der Waals surface area contributed by atoms with Gasteiger partial charge in [0.1, 0.15) is 17.1 Å². The molecule has 2 aromatic rings. The van der Waals surface area contributed by atoms with E-state index in [0.29, 0.717) is 24.8 Å². The molecular formula is C24H36IN3O4. The number of halogens is 1. The second-order valence-electron chi connectivity index (χ2n) is 8.21. The lowest BCUT2D eigenvalue weighted by Gasteiger charge is -2.23. The first-order valence-corrected chi connectivity index (χ1v) is 11.1. The van der Waals surface area contributed by atoms with Crippen molar-refractivity contribution in [1.29, 1.82) is 0 Å². The Morgan fingerprint density at radius 3 is 2.59 bits per heavy atom. The predicted molar refractivity (Wildman–Crippen MR) is 137 cm³/mol. The molecule has 32 heavy (non-hydrogen) atoms. The van der Waals surface area contributed by atoms with Crippen LogP contribution in [0.5, 0.6) is 11.5 Å². The number of nitrogens with zero attached hydrogens (tertiary/aromatic N) is 1. The summed E-state index contributed by atoms with van der Waals surface area (Å²) in [6.45, 7) is 6.98. The molecule has 0 amide bonds. The van der Waals surface area contributed by atoms with E-state index in [-0.39, 0.29) is 36.6 Å². The summed E-state index contributed by atoms with van der Waals surface area (Å²) in [6.07, 6.45) is 4.80. The molecule has 1 aliphatic carbocycles. The number of ether oxygens (including phenoxy) is 2. The van der Waals surface area contributed by atoms with E-state index < -0.39 is 5.60 Å². The summed E-state index contributed by atoms with van der Waals surface area (Å²) in [5, 5.41) is 17.2. The molecule has 1 atom stereocenters. The molecule has 1 fully saturated rings. The molecule has 1 aromatic carbocycles. The molecule has 1 aliphatic rings. The molecule has 3 N–H and O–H groups in total. The highest BCUT2D eigenvalue weighted by Crippen LogP contribution is 2.35. The minimum Gasteiger partial charge on any atom is -0.493 e. The third-order valence-electron chi connectivity index (χ3n) is 5.49. The van der Waals surface area contributed by atoms with E-state index in [2.05, 4.69) is 10.6 Å². The number of benzene rings is 1. The summed E-state index contributed by atoms with van der Waals surface area (Å²) in [6, 6.07) is 9.53. The van der Waals surface area contributed by atoms with Crippen molar-refractivity contribution < 1.29 is 19.0 Å². The molecule has 0 spiro atoms. The first kappa shape index (κ1) is 26.3. The van der Waals surface area contributed by atoms with E-state index >= 15 is 0 Å². The van der Waals surface area contributed by atoms with Crippen LogP contribution in [0.1, 0.15) is 56.6 Å². The lowest BCUT2D eigenvalue weighted by molar-refractivity contribution is 0.0378. The van der Waals surface area contributed by atoms with Gasteiger partial charge in [-0.25, -0.2) is 4.99 Å². The van der Waals surface area contributed by atoms with Crippen molar-refractivity contribution in [3.63, 3.8) is 0 Å². The number of hydrogen-bond acceptors (Lipinski definition) is 5. The van der Waals surface area contributed by atoms with Crippen LogP contribution >= 0.6 is 24.0 Å². The maximum Gasteiger partial charge on any atom is 0.191 e. The summed E-state index contributed by atoms with van der Waals surface area (Å²) in [5.41, 5.74) is -0.186. The lowest BCUT2D eigenvalue weighted by atomic mass is 10.0. The van der Waals surface area contributed by atoms with Crippen molar-refractivity contribution in [1.82, 2.24) is 10.6 Å². The van der Waals surface area contributed by atoms with Gasteiger partial charge in [0.05, 0.1) is 26.3 Å². The maximum absolute atomic E-state index is 10.8. The highest BCUT2D eigenvalue weighted by molar-refractivity contribution is 14.0.